The van der Waals surface area contributed by atoms with Gasteiger partial charge in [-0.3, -0.25) is 14.4 Å². The molecular weight excluding hydrogens is 1010 g/mol. The van der Waals surface area contributed by atoms with E-state index < -0.39 is 6.10 Å². The molecule has 9 unspecified atom stereocenters. The molecule has 15 atom stereocenters. The molecule has 6 saturated carbocycles. The van der Waals surface area contributed by atoms with Crippen LogP contribution in [0.2, 0.25) is 0 Å². The van der Waals surface area contributed by atoms with Crippen LogP contribution >= 0.6 is 40.0 Å². The first-order valence-corrected chi connectivity index (χ1v) is 30.0. The minimum absolute atomic E-state index is 0.00938. The second-order valence-electron chi connectivity index (χ2n) is 21.2. The van der Waals surface area contributed by atoms with E-state index in [4.69, 9.17) is 39.8 Å². The average Bonchev–Trinajstić information content (AvgIpc) is 4.03. The fourth-order valence-corrected chi connectivity index (χ4v) is 13.6. The van der Waals surface area contributed by atoms with Gasteiger partial charge in [0.1, 0.15) is 0 Å². The van der Waals surface area contributed by atoms with Crippen molar-refractivity contribution in [3.8, 4) is 0 Å². The highest BCUT2D eigenvalue weighted by molar-refractivity contribution is 7.10. The number of carbonyl (C=O) groups is 3. The number of amides is 3. The Labute approximate surface area is 451 Å². The number of ether oxygens (including phenoxy) is 2. The zero-order valence-electron chi connectivity index (χ0n) is 44.3. The van der Waals surface area contributed by atoms with Crippen LogP contribution in [-0.2, 0) is 37.4 Å². The van der Waals surface area contributed by atoms with Crippen LogP contribution in [-0.4, -0.2) is 122 Å². The number of rotatable bonds is 25. The van der Waals surface area contributed by atoms with Crippen LogP contribution in [0.3, 0.4) is 0 Å². The first-order chi connectivity index (χ1) is 35.5. The molecule has 14 nitrogen and oxygen atoms in total. The molecule has 6 aliphatic carbocycles. The van der Waals surface area contributed by atoms with Crippen molar-refractivity contribution in [1.29, 1.82) is 0 Å². The molecule has 0 saturated heterocycles. The maximum Gasteiger partial charge on any atom is 0.223 e. The Kier molecular flexibility index (Phi) is 33.2. The van der Waals surface area contributed by atoms with Gasteiger partial charge in [-0.25, -0.2) is 0 Å². The highest BCUT2D eigenvalue weighted by Gasteiger charge is 2.45. The molecule has 73 heavy (non-hydrogen) atoms. The van der Waals surface area contributed by atoms with Crippen LogP contribution < -0.4 is 16.0 Å². The third-order valence-electron chi connectivity index (χ3n) is 16.6. The topological polar surface area (TPSA) is 194 Å². The fourth-order valence-electron chi connectivity index (χ4n) is 12.2. The number of aliphatic hydroxyl groups is 3. The van der Waals surface area contributed by atoms with Crippen molar-refractivity contribution >= 4 is 57.7 Å². The van der Waals surface area contributed by atoms with Crippen LogP contribution in [0.4, 0.5) is 0 Å². The van der Waals surface area contributed by atoms with Crippen molar-refractivity contribution in [3.05, 3.63) is 36.5 Å². The van der Waals surface area contributed by atoms with E-state index in [-0.39, 0.29) is 101 Å². The summed E-state index contributed by atoms with van der Waals surface area (Å²) in [6.45, 7) is 8.43. The first kappa shape index (κ1) is 64.4. The lowest BCUT2D eigenvalue weighted by molar-refractivity contribution is -0.127. The smallest absolute Gasteiger partial charge is 0.223 e. The monoisotopic (exact) mass is 1100 g/mol. The second kappa shape index (κ2) is 37.7. The maximum atomic E-state index is 12.4. The van der Waals surface area contributed by atoms with Gasteiger partial charge in [0.25, 0.3) is 0 Å². The minimum atomic E-state index is -0.430. The quantitative estimate of drug-likeness (QED) is 0.0222. The van der Waals surface area contributed by atoms with Crippen molar-refractivity contribution in [2.45, 2.75) is 185 Å². The molecule has 18 heteroatoms. The Morgan fingerprint density at radius 1 is 0.493 bits per heavy atom. The predicted octanol–water partition coefficient (Wildman–Crippen LogP) is 8.72. The molecule has 6 fully saturated rings. The number of halogens is 1. The van der Waals surface area contributed by atoms with Gasteiger partial charge in [0.2, 0.25) is 17.7 Å². The molecule has 6 rings (SSSR count). The average molecular weight is 1100 g/mol. The number of aliphatic hydroxyl groups excluding tert-OH is 3. The van der Waals surface area contributed by atoms with Gasteiger partial charge in [-0.15, -0.1) is 11.6 Å². The van der Waals surface area contributed by atoms with Gasteiger partial charge in [-0.2, -0.15) is 0 Å². The molecule has 420 valence electrons. The van der Waals surface area contributed by atoms with Gasteiger partial charge in [-0.1, -0.05) is 94.2 Å². The van der Waals surface area contributed by atoms with Gasteiger partial charge in [0.15, 0.2) is 0 Å². The van der Waals surface area contributed by atoms with Crippen molar-refractivity contribution in [3.63, 3.8) is 0 Å². The molecule has 0 radical (unpaired) electrons. The van der Waals surface area contributed by atoms with E-state index in [1.165, 1.54) is 32.1 Å². The summed E-state index contributed by atoms with van der Waals surface area (Å²) >= 11 is 6.58. The van der Waals surface area contributed by atoms with E-state index in [0.717, 1.165) is 90.1 Å². The van der Waals surface area contributed by atoms with Crippen LogP contribution in [0.25, 0.3) is 0 Å². The molecule has 0 bridgehead atoms. The fraction of sp³-hybridized carbons (Fsp3) is 0.836. The number of allylic oxidation sites excluding steroid dienone is 3. The molecule has 0 aromatic carbocycles. The molecule has 0 aliphatic heterocycles. The van der Waals surface area contributed by atoms with E-state index in [1.807, 2.05) is 26.0 Å². The highest BCUT2D eigenvalue weighted by atomic mass is 35.5. The molecule has 0 aromatic rings. The number of hydrogen-bond donors (Lipinski definition) is 6. The Morgan fingerprint density at radius 2 is 0.822 bits per heavy atom. The molecular formula is C55H97ClN3O11P3. The molecule has 0 aromatic heterocycles. The number of hydrogen-bond acceptors (Lipinski definition) is 11. The van der Waals surface area contributed by atoms with E-state index >= 15 is 0 Å². The van der Waals surface area contributed by atoms with Crippen LogP contribution in [0.5, 0.6) is 0 Å². The van der Waals surface area contributed by atoms with E-state index in [1.54, 1.807) is 6.08 Å². The number of alkyl halides is 1. The van der Waals surface area contributed by atoms with Gasteiger partial charge < -0.3 is 54.3 Å². The standard InChI is InChI=1S/C19H33ClNO3P.C19H34NO4P.C17H30NO4P/c1-2-23-11-7-6-10-15-16(18(24-25)12-17(15)20)13-21-19(22)14-8-4-3-5-9-14;1-2-23-11-7-6-10-15-16(18(24-25)12-17(15)21)13-20-19(22)14-8-4-3-5-9-14;19-9-5-4-8-13-14(16(22-23)10-15(13)20)11-18-17(21)12-6-2-1-3-7-12/h6-7,14-18H,2-5,8-13,25H2,1H3,(H,21,22);6-7,14-18,21H,2-5,8-13,25H2,1H3,(H,20,22);4-5,12-16,19-20H,1-3,6-11,23H2,(H,18,21)/b2*7-6-;5-4-/t2*15-,16-,17?,18?;13-,14-,15?,16?/m111/s1. The van der Waals surface area contributed by atoms with E-state index in [2.05, 4.69) is 62.6 Å². The van der Waals surface area contributed by atoms with Gasteiger partial charge in [-0.05, 0) is 95.8 Å². The van der Waals surface area contributed by atoms with Gasteiger partial charge >= 0.3 is 0 Å². The Morgan fingerprint density at radius 3 is 1.16 bits per heavy atom. The van der Waals surface area contributed by atoms with Crippen molar-refractivity contribution in [2.24, 2.45) is 53.3 Å². The zero-order valence-corrected chi connectivity index (χ0v) is 48.6. The van der Waals surface area contributed by atoms with Crippen LogP contribution in [0.15, 0.2) is 36.5 Å². The minimum Gasteiger partial charge on any atom is -0.393 e. The SMILES string of the molecule is CCOC/C=C\C[C@H]1C(Cl)CC(OP)[C@@H]1CNC(=O)C1CCCCC1.CCOC/C=C\C[C@H]1C(O)CC(OP)[C@@H]1CNC(=O)C1CCCCC1.O=C(NC[C@H]1C(OP)CC(O)[C@@H]1C/C=C\CO)C1CCCCC1. The van der Waals surface area contributed by atoms with Crippen molar-refractivity contribution in [2.75, 3.05) is 52.7 Å². The van der Waals surface area contributed by atoms with Gasteiger partial charge in [0, 0.05) is 115 Å². The lowest BCUT2D eigenvalue weighted by Crippen LogP contribution is -2.39. The van der Waals surface area contributed by atoms with E-state index in [0.29, 0.717) is 64.6 Å². The van der Waals surface area contributed by atoms with E-state index in [9.17, 15) is 24.6 Å². The largest absolute Gasteiger partial charge is 0.393 e. The maximum absolute atomic E-state index is 12.4. The molecule has 0 spiro atoms. The van der Waals surface area contributed by atoms with Crippen LogP contribution in [0, 0.1) is 53.3 Å². The summed E-state index contributed by atoms with van der Waals surface area (Å²) < 4.78 is 27.2. The Hall–Kier alpha value is -1.11. The Balaban J connectivity index is 0.000000238. The lowest BCUT2D eigenvalue weighted by Gasteiger charge is -2.26. The summed E-state index contributed by atoms with van der Waals surface area (Å²) in [6.07, 6.45) is 32.2. The van der Waals surface area contributed by atoms with Crippen molar-refractivity contribution < 1.29 is 52.7 Å². The summed E-state index contributed by atoms with van der Waals surface area (Å²) in [5.41, 5.74) is 0. The summed E-state index contributed by atoms with van der Waals surface area (Å²) in [4.78, 5) is 37.2. The summed E-state index contributed by atoms with van der Waals surface area (Å²) in [6, 6.07) is 0. The predicted molar refractivity (Wildman–Crippen MR) is 300 cm³/mol. The second-order valence-corrected chi connectivity index (χ2v) is 22.6. The summed E-state index contributed by atoms with van der Waals surface area (Å²) in [7, 11) is 6.97. The van der Waals surface area contributed by atoms with Crippen LogP contribution in [0.1, 0.15) is 149 Å². The third-order valence-corrected chi connectivity index (χ3v) is 18.1. The van der Waals surface area contributed by atoms with Gasteiger partial charge in [0.05, 0.1) is 50.3 Å². The first-order valence-electron chi connectivity index (χ1n) is 28.1. The normalized spacial score (nSPS) is 31.4. The summed E-state index contributed by atoms with van der Waals surface area (Å²) in [5, 5.41) is 39.0. The molecule has 3 amide bonds. The Bertz CT molecular complexity index is 1540. The summed E-state index contributed by atoms with van der Waals surface area (Å²) in [5.74, 6) is 2.01. The van der Waals surface area contributed by atoms with Crippen molar-refractivity contribution in [1.82, 2.24) is 16.0 Å². The molecule has 6 aliphatic rings. The number of nitrogens with one attached hydrogen (secondary N) is 3. The number of carbonyl (C=O) groups excluding carboxylic acids is 3. The highest BCUT2D eigenvalue weighted by Crippen LogP contribution is 2.42. The lowest BCUT2D eigenvalue weighted by atomic mass is 9.87. The molecule has 6 N–H and O–H groups in total. The third kappa shape index (κ3) is 22.3. The molecule has 0 heterocycles. The zero-order chi connectivity index (χ0) is 52.8.